The van der Waals surface area contributed by atoms with Crippen molar-refractivity contribution >= 4 is 0 Å². The summed E-state index contributed by atoms with van der Waals surface area (Å²) in [6.07, 6.45) is 14.3. The first-order chi connectivity index (χ1) is 8.33. The van der Waals surface area contributed by atoms with Crippen LogP contribution in [0.25, 0.3) is 0 Å². The molecule has 0 unspecified atom stereocenters. The van der Waals surface area contributed by atoms with Gasteiger partial charge in [0.15, 0.2) is 0 Å². The number of rotatable bonds is 9. The van der Waals surface area contributed by atoms with Crippen LogP contribution in [0.3, 0.4) is 0 Å². The largest absolute Gasteiger partial charge is 0.394 e. The summed E-state index contributed by atoms with van der Waals surface area (Å²) in [7, 11) is 0. The molecule has 0 saturated heterocycles. The monoisotopic (exact) mass is 241 g/mol. The number of hydrogen-bond acceptors (Lipinski definition) is 2. The van der Waals surface area contributed by atoms with E-state index in [1.807, 2.05) is 0 Å². The summed E-state index contributed by atoms with van der Waals surface area (Å²) < 4.78 is 0. The topological polar surface area (TPSA) is 32.3 Å². The fourth-order valence-corrected chi connectivity index (χ4v) is 2.88. The highest BCUT2D eigenvalue weighted by molar-refractivity contribution is 4.89. The number of hydrogen-bond donors (Lipinski definition) is 2. The second-order valence-electron chi connectivity index (χ2n) is 5.69. The lowest BCUT2D eigenvalue weighted by atomic mass is 9.82. The van der Waals surface area contributed by atoms with Crippen LogP contribution in [0, 0.1) is 0 Å². The zero-order valence-electron chi connectivity index (χ0n) is 11.6. The molecule has 1 fully saturated rings. The van der Waals surface area contributed by atoms with Crippen molar-refractivity contribution in [3.63, 3.8) is 0 Å². The van der Waals surface area contributed by atoms with Crippen LogP contribution in [0.15, 0.2) is 0 Å². The fourth-order valence-electron chi connectivity index (χ4n) is 2.88. The minimum absolute atomic E-state index is 0.0711. The van der Waals surface area contributed by atoms with Gasteiger partial charge in [-0.3, -0.25) is 0 Å². The Morgan fingerprint density at radius 2 is 1.59 bits per heavy atom. The van der Waals surface area contributed by atoms with Gasteiger partial charge in [-0.15, -0.1) is 0 Å². The maximum atomic E-state index is 9.55. The molecule has 2 N–H and O–H groups in total. The Morgan fingerprint density at radius 3 is 2.24 bits per heavy atom. The quantitative estimate of drug-likeness (QED) is 0.604. The highest BCUT2D eigenvalue weighted by Gasteiger charge is 2.30. The maximum absolute atomic E-state index is 9.55. The molecule has 0 spiro atoms. The zero-order chi connectivity index (χ0) is 12.4. The summed E-state index contributed by atoms with van der Waals surface area (Å²) >= 11 is 0. The van der Waals surface area contributed by atoms with Gasteiger partial charge in [0.2, 0.25) is 0 Å². The Labute approximate surface area is 107 Å². The second kappa shape index (κ2) is 8.93. The lowest BCUT2D eigenvalue weighted by Gasteiger charge is -2.36. The molecule has 0 bridgehead atoms. The SMILES string of the molecule is CCCCCCCCNC1(CO)CCCCC1. The lowest BCUT2D eigenvalue weighted by Crippen LogP contribution is -2.50. The van der Waals surface area contributed by atoms with Gasteiger partial charge in [-0.05, 0) is 25.8 Å². The van der Waals surface area contributed by atoms with Crippen molar-refractivity contribution in [1.29, 1.82) is 0 Å². The molecule has 1 aliphatic carbocycles. The first-order valence-corrected chi connectivity index (χ1v) is 7.69. The van der Waals surface area contributed by atoms with Crippen LogP contribution in [-0.4, -0.2) is 23.8 Å². The smallest absolute Gasteiger partial charge is 0.0613 e. The zero-order valence-corrected chi connectivity index (χ0v) is 11.6. The molecule has 2 heteroatoms. The Hall–Kier alpha value is -0.0800. The Morgan fingerprint density at radius 1 is 0.941 bits per heavy atom. The van der Waals surface area contributed by atoms with Gasteiger partial charge in [-0.2, -0.15) is 0 Å². The predicted molar refractivity (Wildman–Crippen MR) is 74.3 cm³/mol. The molecule has 0 atom stereocenters. The Balaban J connectivity index is 2.03. The van der Waals surface area contributed by atoms with Crippen molar-refractivity contribution in [3.05, 3.63) is 0 Å². The molecule has 1 rings (SSSR count). The van der Waals surface area contributed by atoms with Gasteiger partial charge in [0.05, 0.1) is 6.61 Å². The van der Waals surface area contributed by atoms with Crippen LogP contribution in [-0.2, 0) is 0 Å². The maximum Gasteiger partial charge on any atom is 0.0613 e. The summed E-state index contributed by atoms with van der Waals surface area (Å²) in [6.45, 7) is 3.67. The number of aliphatic hydroxyl groups is 1. The van der Waals surface area contributed by atoms with E-state index in [-0.39, 0.29) is 5.54 Å². The Bertz CT molecular complexity index is 176. The third-order valence-corrected chi connectivity index (χ3v) is 4.14. The summed E-state index contributed by atoms with van der Waals surface area (Å²) in [5, 5.41) is 13.2. The highest BCUT2D eigenvalue weighted by atomic mass is 16.3. The van der Waals surface area contributed by atoms with E-state index in [2.05, 4.69) is 12.2 Å². The van der Waals surface area contributed by atoms with Crippen LogP contribution in [0.1, 0.15) is 77.6 Å². The molecule has 0 aromatic carbocycles. The van der Waals surface area contributed by atoms with Gasteiger partial charge >= 0.3 is 0 Å². The van der Waals surface area contributed by atoms with E-state index < -0.39 is 0 Å². The van der Waals surface area contributed by atoms with Gasteiger partial charge < -0.3 is 10.4 Å². The summed E-state index contributed by atoms with van der Waals surface area (Å²) in [5.74, 6) is 0. The molecule has 0 amide bonds. The van der Waals surface area contributed by atoms with Crippen LogP contribution < -0.4 is 5.32 Å². The van der Waals surface area contributed by atoms with E-state index in [1.165, 1.54) is 70.6 Å². The van der Waals surface area contributed by atoms with Gasteiger partial charge in [0.1, 0.15) is 0 Å². The van der Waals surface area contributed by atoms with Crippen molar-refractivity contribution in [2.75, 3.05) is 13.2 Å². The third-order valence-electron chi connectivity index (χ3n) is 4.14. The van der Waals surface area contributed by atoms with Gasteiger partial charge in [-0.25, -0.2) is 0 Å². The molecular weight excluding hydrogens is 210 g/mol. The summed E-state index contributed by atoms with van der Waals surface area (Å²) in [5.41, 5.74) is 0.0711. The van der Waals surface area contributed by atoms with Crippen molar-refractivity contribution in [3.8, 4) is 0 Å². The second-order valence-corrected chi connectivity index (χ2v) is 5.69. The van der Waals surface area contributed by atoms with Crippen molar-refractivity contribution in [2.45, 2.75) is 83.1 Å². The van der Waals surface area contributed by atoms with Crippen LogP contribution in [0.2, 0.25) is 0 Å². The highest BCUT2D eigenvalue weighted by Crippen LogP contribution is 2.27. The number of nitrogens with one attached hydrogen (secondary N) is 1. The van der Waals surface area contributed by atoms with Crippen LogP contribution in [0.4, 0.5) is 0 Å². The van der Waals surface area contributed by atoms with Crippen LogP contribution >= 0.6 is 0 Å². The minimum Gasteiger partial charge on any atom is -0.394 e. The van der Waals surface area contributed by atoms with Crippen molar-refractivity contribution in [2.24, 2.45) is 0 Å². The molecule has 0 aromatic rings. The number of aliphatic hydroxyl groups excluding tert-OH is 1. The van der Waals surface area contributed by atoms with Gasteiger partial charge in [0, 0.05) is 5.54 Å². The Kier molecular flexibility index (Phi) is 7.87. The first-order valence-electron chi connectivity index (χ1n) is 7.69. The molecule has 0 aromatic heterocycles. The van der Waals surface area contributed by atoms with E-state index in [1.54, 1.807) is 0 Å². The van der Waals surface area contributed by atoms with E-state index >= 15 is 0 Å². The molecular formula is C15H31NO. The minimum atomic E-state index is 0.0711. The molecule has 0 heterocycles. The normalized spacial score (nSPS) is 19.4. The predicted octanol–water partition coefficient (Wildman–Crippen LogP) is 3.63. The van der Waals surface area contributed by atoms with Gasteiger partial charge in [0.25, 0.3) is 0 Å². The summed E-state index contributed by atoms with van der Waals surface area (Å²) in [4.78, 5) is 0. The molecule has 17 heavy (non-hydrogen) atoms. The van der Waals surface area contributed by atoms with Crippen molar-refractivity contribution in [1.82, 2.24) is 5.32 Å². The molecule has 1 aliphatic rings. The fraction of sp³-hybridized carbons (Fsp3) is 1.00. The molecule has 102 valence electrons. The molecule has 0 radical (unpaired) electrons. The summed E-state index contributed by atoms with van der Waals surface area (Å²) in [6, 6.07) is 0. The third kappa shape index (κ3) is 5.87. The van der Waals surface area contributed by atoms with E-state index in [9.17, 15) is 5.11 Å². The first kappa shape index (κ1) is 15.0. The molecule has 1 saturated carbocycles. The lowest BCUT2D eigenvalue weighted by molar-refractivity contribution is 0.121. The molecule has 2 nitrogen and oxygen atoms in total. The van der Waals surface area contributed by atoms with Gasteiger partial charge in [-0.1, -0.05) is 58.3 Å². The molecule has 0 aliphatic heterocycles. The van der Waals surface area contributed by atoms with Crippen LogP contribution in [0.5, 0.6) is 0 Å². The van der Waals surface area contributed by atoms with E-state index in [4.69, 9.17) is 0 Å². The standard InChI is InChI=1S/C15H31NO/c1-2-3-4-5-6-10-13-16-15(14-17)11-8-7-9-12-15/h16-17H,2-14H2,1H3. The van der Waals surface area contributed by atoms with E-state index in [0.717, 1.165) is 6.54 Å². The van der Waals surface area contributed by atoms with E-state index in [0.29, 0.717) is 6.61 Å². The average Bonchev–Trinajstić information content (AvgIpc) is 2.39. The van der Waals surface area contributed by atoms with Crippen molar-refractivity contribution < 1.29 is 5.11 Å². The number of unbranched alkanes of at least 4 members (excludes halogenated alkanes) is 5. The average molecular weight is 241 g/mol.